The van der Waals surface area contributed by atoms with E-state index in [0.717, 1.165) is 18.9 Å². The summed E-state index contributed by atoms with van der Waals surface area (Å²) < 4.78 is 46.0. The summed E-state index contributed by atoms with van der Waals surface area (Å²) in [5.41, 5.74) is 1.33. The molecule has 0 aromatic carbocycles. The van der Waals surface area contributed by atoms with Crippen LogP contribution in [0, 0.1) is 18.8 Å². The number of aromatic nitrogens is 3. The number of likely N-dealkylation sites (N-methyl/N-ethyl adjacent to an activating group) is 1. The fraction of sp³-hybridized carbons (Fsp3) is 0.545. The van der Waals surface area contributed by atoms with Crippen LogP contribution in [0.1, 0.15) is 32.4 Å². The molecule has 0 saturated heterocycles. The van der Waals surface area contributed by atoms with E-state index in [-0.39, 0.29) is 29.8 Å². The van der Waals surface area contributed by atoms with E-state index in [1.54, 1.807) is 0 Å². The van der Waals surface area contributed by atoms with E-state index in [2.05, 4.69) is 30.3 Å². The second-order valence-electron chi connectivity index (χ2n) is 8.99. The van der Waals surface area contributed by atoms with Crippen molar-refractivity contribution < 1.29 is 27.4 Å². The zero-order valence-electron chi connectivity index (χ0n) is 19.3. The molecule has 1 unspecified atom stereocenters. The van der Waals surface area contributed by atoms with Gasteiger partial charge in [0.15, 0.2) is 5.82 Å². The molecule has 1 amide bonds. The van der Waals surface area contributed by atoms with Crippen molar-refractivity contribution in [3.05, 3.63) is 24.0 Å². The highest BCUT2D eigenvalue weighted by Crippen LogP contribution is 2.36. The van der Waals surface area contributed by atoms with E-state index in [0.29, 0.717) is 35.5 Å². The zero-order chi connectivity index (χ0) is 24.6. The molecule has 0 bridgehead atoms. The monoisotopic (exact) mass is 480 g/mol. The highest BCUT2D eigenvalue weighted by atomic mass is 19.4. The van der Waals surface area contributed by atoms with Gasteiger partial charge in [-0.15, -0.1) is 13.2 Å². The molecule has 0 radical (unpaired) electrons. The summed E-state index contributed by atoms with van der Waals surface area (Å²) in [4.78, 5) is 27.1. The third kappa shape index (κ3) is 5.26. The number of alkyl halides is 3. The van der Waals surface area contributed by atoms with Crippen LogP contribution in [0.5, 0.6) is 11.6 Å². The van der Waals surface area contributed by atoms with Crippen LogP contribution in [0.2, 0.25) is 0 Å². The average Bonchev–Trinajstić information content (AvgIpc) is 2.70. The van der Waals surface area contributed by atoms with Gasteiger partial charge in [-0.2, -0.15) is 4.98 Å². The molecule has 2 N–H and O–H groups in total. The Hall–Kier alpha value is -3.31. The number of halogens is 3. The normalized spacial score (nSPS) is 22.1. The van der Waals surface area contributed by atoms with Gasteiger partial charge < -0.3 is 25.0 Å². The van der Waals surface area contributed by atoms with Gasteiger partial charge in [0.05, 0.1) is 18.5 Å². The summed E-state index contributed by atoms with van der Waals surface area (Å²) in [5.74, 6) is 1.41. The van der Waals surface area contributed by atoms with Crippen LogP contribution < -0.4 is 25.0 Å². The second-order valence-corrected chi connectivity index (χ2v) is 8.99. The van der Waals surface area contributed by atoms with Gasteiger partial charge in [0.2, 0.25) is 17.7 Å². The highest BCUT2D eigenvalue weighted by Gasteiger charge is 2.36. The number of aryl methyl sites for hydroxylation is 1. The Bertz CT molecular complexity index is 1040. The second kappa shape index (κ2) is 9.15. The topological polar surface area (TPSA) is 102 Å². The van der Waals surface area contributed by atoms with Crippen molar-refractivity contribution in [2.75, 3.05) is 29.2 Å². The fourth-order valence-corrected chi connectivity index (χ4v) is 4.30. The number of hydrogen-bond donors (Lipinski definition) is 2. The molecule has 0 spiro atoms. The van der Waals surface area contributed by atoms with Crippen LogP contribution in [0.3, 0.4) is 0 Å². The molecule has 1 atom stereocenters. The fourth-order valence-electron chi connectivity index (χ4n) is 4.30. The molecule has 3 heterocycles. The Balaban J connectivity index is 1.29. The first kappa shape index (κ1) is 23.8. The summed E-state index contributed by atoms with van der Waals surface area (Å²) in [6, 6.07) is 2.39. The number of rotatable bonds is 7. The molecule has 2 aromatic heterocycles. The molecule has 12 heteroatoms. The van der Waals surface area contributed by atoms with E-state index in [4.69, 9.17) is 4.74 Å². The van der Waals surface area contributed by atoms with Crippen molar-refractivity contribution >= 4 is 23.4 Å². The molecule has 1 aliphatic heterocycles. The number of nitrogens with one attached hydrogen (secondary N) is 2. The first-order valence-electron chi connectivity index (χ1n) is 11.0. The molecule has 1 aliphatic carbocycles. The number of amides is 1. The maximum atomic E-state index is 12.5. The molecule has 184 valence electrons. The Morgan fingerprint density at radius 3 is 2.62 bits per heavy atom. The number of carbonyl (C=O) groups is 1. The molecule has 1 fully saturated rings. The van der Waals surface area contributed by atoms with Crippen molar-refractivity contribution in [2.24, 2.45) is 11.8 Å². The summed E-state index contributed by atoms with van der Waals surface area (Å²) >= 11 is 0. The van der Waals surface area contributed by atoms with Crippen LogP contribution in [-0.4, -0.2) is 53.0 Å². The van der Waals surface area contributed by atoms with Crippen LogP contribution >= 0.6 is 0 Å². The van der Waals surface area contributed by atoms with Crippen LogP contribution in [0.25, 0.3) is 0 Å². The number of hydrogen-bond acceptors (Lipinski definition) is 8. The first-order valence-corrected chi connectivity index (χ1v) is 11.0. The predicted molar refractivity (Wildman–Crippen MR) is 119 cm³/mol. The SMILES string of the molecule is Cc1nc(NC2CC(COc3ccc(OC(F)(F)F)nc3)C2)nc2c1NC(=O)C(C(C)C)N2C. The van der Waals surface area contributed by atoms with Crippen molar-refractivity contribution in [1.82, 2.24) is 15.0 Å². The Morgan fingerprint density at radius 1 is 1.26 bits per heavy atom. The van der Waals surface area contributed by atoms with E-state index >= 15 is 0 Å². The number of pyridine rings is 1. The van der Waals surface area contributed by atoms with E-state index < -0.39 is 12.2 Å². The Kier molecular flexibility index (Phi) is 6.41. The van der Waals surface area contributed by atoms with Crippen molar-refractivity contribution in [3.63, 3.8) is 0 Å². The molecular weight excluding hydrogens is 453 g/mol. The van der Waals surface area contributed by atoms with Crippen molar-refractivity contribution in [3.8, 4) is 11.6 Å². The van der Waals surface area contributed by atoms with Gasteiger partial charge in [0.25, 0.3) is 0 Å². The van der Waals surface area contributed by atoms with E-state index in [9.17, 15) is 18.0 Å². The largest absolute Gasteiger partial charge is 0.574 e. The maximum Gasteiger partial charge on any atom is 0.574 e. The van der Waals surface area contributed by atoms with E-state index in [1.165, 1.54) is 12.3 Å². The molecule has 2 aromatic rings. The Labute approximate surface area is 195 Å². The highest BCUT2D eigenvalue weighted by molar-refractivity contribution is 6.03. The first-order chi connectivity index (χ1) is 16.0. The Morgan fingerprint density at radius 2 is 2.00 bits per heavy atom. The van der Waals surface area contributed by atoms with Crippen molar-refractivity contribution in [1.29, 1.82) is 0 Å². The zero-order valence-corrected chi connectivity index (χ0v) is 19.3. The smallest absolute Gasteiger partial charge is 0.492 e. The lowest BCUT2D eigenvalue weighted by Gasteiger charge is -2.38. The third-order valence-corrected chi connectivity index (χ3v) is 5.95. The van der Waals surface area contributed by atoms with Gasteiger partial charge >= 0.3 is 6.36 Å². The minimum atomic E-state index is -4.77. The number of ether oxygens (including phenoxy) is 2. The van der Waals surface area contributed by atoms with Gasteiger partial charge in [-0.1, -0.05) is 13.8 Å². The molecule has 34 heavy (non-hydrogen) atoms. The lowest BCUT2D eigenvalue weighted by molar-refractivity contribution is -0.276. The number of carbonyl (C=O) groups excluding carboxylic acids is 1. The molecule has 9 nitrogen and oxygen atoms in total. The third-order valence-electron chi connectivity index (χ3n) is 5.95. The lowest BCUT2D eigenvalue weighted by atomic mass is 9.81. The number of anilines is 3. The predicted octanol–water partition coefficient (Wildman–Crippen LogP) is 3.76. The van der Waals surface area contributed by atoms with Gasteiger partial charge in [0, 0.05) is 19.2 Å². The van der Waals surface area contributed by atoms with Gasteiger partial charge in [-0.05, 0) is 37.7 Å². The van der Waals surface area contributed by atoms with Gasteiger partial charge in [-0.25, -0.2) is 9.97 Å². The summed E-state index contributed by atoms with van der Waals surface area (Å²) in [5, 5.41) is 6.28. The van der Waals surface area contributed by atoms with Gasteiger partial charge in [0.1, 0.15) is 17.5 Å². The van der Waals surface area contributed by atoms with E-state index in [1.807, 2.05) is 32.7 Å². The van der Waals surface area contributed by atoms with Crippen LogP contribution in [-0.2, 0) is 4.79 Å². The minimum absolute atomic E-state index is 0.0584. The van der Waals surface area contributed by atoms with Crippen molar-refractivity contribution in [2.45, 2.75) is 52.1 Å². The lowest BCUT2D eigenvalue weighted by Crippen LogP contribution is -2.50. The maximum absolute atomic E-state index is 12.5. The standard InChI is InChI=1S/C22H27F3N6O3/c1-11(2)18-20(32)29-17-12(3)27-21(30-19(17)31(18)4)28-14-7-13(8-14)10-33-15-5-6-16(26-9-15)34-22(23,24)25/h5-6,9,11,13-14,18H,7-8,10H2,1-4H3,(H,29,32)(H,27,28,30). The van der Waals surface area contributed by atoms with Crippen LogP contribution in [0.15, 0.2) is 18.3 Å². The quantitative estimate of drug-likeness (QED) is 0.618. The number of fused-ring (bicyclic) bond motifs is 1. The molecular formula is C22H27F3N6O3. The summed E-state index contributed by atoms with van der Waals surface area (Å²) in [6.45, 7) is 6.26. The summed E-state index contributed by atoms with van der Waals surface area (Å²) in [7, 11) is 1.87. The average molecular weight is 480 g/mol. The molecule has 4 rings (SSSR count). The molecule has 1 saturated carbocycles. The minimum Gasteiger partial charge on any atom is -0.492 e. The number of nitrogens with zero attached hydrogens (tertiary/aromatic N) is 4. The molecule has 2 aliphatic rings. The summed E-state index contributed by atoms with van der Waals surface area (Å²) in [6.07, 6.45) is -1.89. The van der Waals surface area contributed by atoms with Gasteiger partial charge in [-0.3, -0.25) is 4.79 Å². The van der Waals surface area contributed by atoms with Crippen LogP contribution in [0.4, 0.5) is 30.6 Å².